The highest BCUT2D eigenvalue weighted by Gasteiger charge is 2.60. The van der Waals surface area contributed by atoms with Gasteiger partial charge in [0.2, 0.25) is 5.91 Å². The van der Waals surface area contributed by atoms with Gasteiger partial charge < -0.3 is 14.4 Å². The highest BCUT2D eigenvalue weighted by molar-refractivity contribution is 5.90. The number of allylic oxidation sites excluding steroid dienone is 3. The molecule has 1 saturated heterocycles. The Morgan fingerprint density at radius 2 is 1.82 bits per heavy atom. The second-order valence-corrected chi connectivity index (χ2v) is 9.14. The summed E-state index contributed by atoms with van der Waals surface area (Å²) in [5.74, 6) is -0.0192. The molecule has 0 aromatic heterocycles. The van der Waals surface area contributed by atoms with E-state index in [1.807, 2.05) is 85.5 Å². The Morgan fingerprint density at radius 1 is 1.09 bits per heavy atom. The van der Waals surface area contributed by atoms with Gasteiger partial charge in [0, 0.05) is 18.5 Å². The Kier molecular flexibility index (Phi) is 7.20. The number of hydrogen-bond acceptors (Lipinski definition) is 4. The van der Waals surface area contributed by atoms with Crippen LogP contribution in [0, 0.1) is 17.3 Å². The first-order chi connectivity index (χ1) is 16.5. The molecule has 178 valence electrons. The summed E-state index contributed by atoms with van der Waals surface area (Å²) in [7, 11) is 1.64. The minimum Gasteiger partial charge on any atom is -0.497 e. The standard InChI is InChI=1S/C29H33NO4/c1-4-34-27(31)21(2)26-25(19-22-11-7-5-8-12-22)30(20-23-13-15-24(33-3)16-14-23)28(32)29(26)17-9-6-10-18-29/h5-17,21,25-26H,4,18-20H2,1-3H3/t21-,25+,26+,29-/m1/s1. The number of benzene rings is 2. The van der Waals surface area contributed by atoms with Gasteiger partial charge in [-0.1, -0.05) is 73.7 Å². The molecule has 0 saturated carbocycles. The van der Waals surface area contributed by atoms with Gasteiger partial charge in [0.05, 0.1) is 25.0 Å². The first-order valence-electron chi connectivity index (χ1n) is 12.0. The van der Waals surface area contributed by atoms with E-state index < -0.39 is 11.3 Å². The molecule has 2 aliphatic rings. The maximum atomic E-state index is 14.2. The van der Waals surface area contributed by atoms with Crippen molar-refractivity contribution in [1.29, 1.82) is 0 Å². The molecule has 5 heteroatoms. The van der Waals surface area contributed by atoms with Crippen molar-refractivity contribution in [2.45, 2.75) is 39.3 Å². The van der Waals surface area contributed by atoms with Crippen molar-refractivity contribution in [3.05, 3.63) is 90.0 Å². The Bertz CT molecular complexity index is 1060. The molecule has 2 aromatic rings. The average molecular weight is 460 g/mol. The van der Waals surface area contributed by atoms with Crippen LogP contribution in [-0.2, 0) is 27.3 Å². The van der Waals surface area contributed by atoms with Crippen LogP contribution in [0.5, 0.6) is 5.75 Å². The molecule has 4 rings (SSSR count). The molecule has 2 aromatic carbocycles. The Balaban J connectivity index is 1.77. The molecular formula is C29H33NO4. The van der Waals surface area contributed by atoms with E-state index in [1.165, 1.54) is 0 Å². The third-order valence-corrected chi connectivity index (χ3v) is 7.16. The number of methoxy groups -OCH3 is 1. The van der Waals surface area contributed by atoms with Crippen molar-refractivity contribution in [1.82, 2.24) is 4.90 Å². The van der Waals surface area contributed by atoms with Crippen LogP contribution < -0.4 is 4.74 Å². The number of rotatable bonds is 8. The lowest BCUT2D eigenvalue weighted by molar-refractivity contribution is -0.151. The summed E-state index contributed by atoms with van der Waals surface area (Å²) in [5, 5.41) is 0. The van der Waals surface area contributed by atoms with Gasteiger partial charge in [0.15, 0.2) is 0 Å². The van der Waals surface area contributed by atoms with Crippen LogP contribution >= 0.6 is 0 Å². The van der Waals surface area contributed by atoms with Crippen molar-refractivity contribution in [2.24, 2.45) is 17.3 Å². The zero-order valence-corrected chi connectivity index (χ0v) is 20.1. The minimum absolute atomic E-state index is 0.0750. The maximum absolute atomic E-state index is 14.2. The summed E-state index contributed by atoms with van der Waals surface area (Å²) in [4.78, 5) is 29.1. The molecule has 1 spiro atoms. The predicted molar refractivity (Wildman–Crippen MR) is 132 cm³/mol. The lowest BCUT2D eigenvalue weighted by Crippen LogP contribution is -2.42. The number of amides is 1. The number of likely N-dealkylation sites (tertiary alicyclic amines) is 1. The number of carbonyl (C=O) groups is 2. The summed E-state index contributed by atoms with van der Waals surface area (Å²) in [5.41, 5.74) is 1.42. The van der Waals surface area contributed by atoms with Gasteiger partial charge in [0.25, 0.3) is 0 Å². The number of carbonyl (C=O) groups excluding carboxylic acids is 2. The van der Waals surface area contributed by atoms with Gasteiger partial charge in [-0.3, -0.25) is 9.59 Å². The van der Waals surface area contributed by atoms with Gasteiger partial charge in [-0.2, -0.15) is 0 Å². The van der Waals surface area contributed by atoms with Gasteiger partial charge in [-0.25, -0.2) is 0 Å². The summed E-state index contributed by atoms with van der Waals surface area (Å²) in [6.45, 7) is 4.54. The summed E-state index contributed by atoms with van der Waals surface area (Å²) in [6, 6.07) is 17.9. The molecule has 1 aliphatic heterocycles. The number of esters is 1. The number of nitrogens with zero attached hydrogens (tertiary/aromatic N) is 1. The van der Waals surface area contributed by atoms with Gasteiger partial charge in [-0.15, -0.1) is 0 Å². The lowest BCUT2D eigenvalue weighted by Gasteiger charge is -2.35. The normalized spacial score (nSPS) is 24.4. The van der Waals surface area contributed by atoms with E-state index in [-0.39, 0.29) is 23.8 Å². The zero-order chi connectivity index (χ0) is 24.1. The molecule has 1 aliphatic carbocycles. The molecular weight excluding hydrogens is 426 g/mol. The monoisotopic (exact) mass is 459 g/mol. The van der Waals surface area contributed by atoms with Crippen LogP contribution in [0.25, 0.3) is 0 Å². The van der Waals surface area contributed by atoms with Crippen molar-refractivity contribution in [3.8, 4) is 5.75 Å². The Hall–Kier alpha value is -3.34. The van der Waals surface area contributed by atoms with Gasteiger partial charge in [0.1, 0.15) is 5.75 Å². The van der Waals surface area contributed by atoms with Gasteiger partial charge in [-0.05, 0) is 43.0 Å². The van der Waals surface area contributed by atoms with Crippen molar-refractivity contribution < 1.29 is 19.1 Å². The van der Waals surface area contributed by atoms with Crippen molar-refractivity contribution in [3.63, 3.8) is 0 Å². The van der Waals surface area contributed by atoms with Crippen LogP contribution in [0.4, 0.5) is 0 Å². The first kappa shape index (κ1) is 23.8. The Morgan fingerprint density at radius 3 is 2.44 bits per heavy atom. The van der Waals surface area contributed by atoms with Crippen LogP contribution in [-0.4, -0.2) is 36.5 Å². The molecule has 0 radical (unpaired) electrons. The third-order valence-electron chi connectivity index (χ3n) is 7.16. The topological polar surface area (TPSA) is 55.8 Å². The predicted octanol–water partition coefficient (Wildman–Crippen LogP) is 4.97. The molecule has 1 heterocycles. The number of ether oxygens (including phenoxy) is 2. The zero-order valence-electron chi connectivity index (χ0n) is 20.1. The lowest BCUT2D eigenvalue weighted by atomic mass is 9.65. The maximum Gasteiger partial charge on any atom is 0.309 e. The third kappa shape index (κ3) is 4.52. The SMILES string of the molecule is CCOC(=O)[C@H](C)[C@H]1[C@H](Cc2ccccc2)N(Cc2ccc(OC)cc2)C(=O)[C@@]12C=CC=CC2. The molecule has 34 heavy (non-hydrogen) atoms. The summed E-state index contributed by atoms with van der Waals surface area (Å²) in [6.07, 6.45) is 9.24. The fourth-order valence-electron chi connectivity index (χ4n) is 5.55. The average Bonchev–Trinajstić information content (AvgIpc) is 3.07. The highest BCUT2D eigenvalue weighted by Crippen LogP contribution is 2.52. The van der Waals surface area contributed by atoms with Crippen molar-refractivity contribution in [2.75, 3.05) is 13.7 Å². The van der Waals surface area contributed by atoms with E-state index in [2.05, 4.69) is 12.1 Å². The molecule has 1 amide bonds. The summed E-state index contributed by atoms with van der Waals surface area (Å²) < 4.78 is 10.7. The van der Waals surface area contributed by atoms with Crippen LogP contribution in [0.3, 0.4) is 0 Å². The Labute approximate surface area is 202 Å². The second-order valence-electron chi connectivity index (χ2n) is 9.14. The van der Waals surface area contributed by atoms with E-state index in [0.29, 0.717) is 26.0 Å². The van der Waals surface area contributed by atoms with Crippen LogP contribution in [0.1, 0.15) is 31.4 Å². The van der Waals surface area contributed by atoms with E-state index in [9.17, 15) is 9.59 Å². The van der Waals surface area contributed by atoms with Crippen LogP contribution in [0.15, 0.2) is 78.9 Å². The fraction of sp³-hybridized carbons (Fsp3) is 0.379. The minimum atomic E-state index is -0.757. The number of hydrogen-bond donors (Lipinski definition) is 0. The van der Waals surface area contributed by atoms with E-state index in [0.717, 1.165) is 16.9 Å². The quantitative estimate of drug-likeness (QED) is 0.523. The highest BCUT2D eigenvalue weighted by atomic mass is 16.5. The second kappa shape index (κ2) is 10.3. The van der Waals surface area contributed by atoms with E-state index in [4.69, 9.17) is 9.47 Å². The largest absolute Gasteiger partial charge is 0.497 e. The van der Waals surface area contributed by atoms with Crippen LogP contribution in [0.2, 0.25) is 0 Å². The fourth-order valence-corrected chi connectivity index (χ4v) is 5.55. The molecule has 0 unspecified atom stereocenters. The van der Waals surface area contributed by atoms with Crippen molar-refractivity contribution >= 4 is 11.9 Å². The van der Waals surface area contributed by atoms with E-state index in [1.54, 1.807) is 7.11 Å². The first-order valence-corrected chi connectivity index (χ1v) is 12.0. The van der Waals surface area contributed by atoms with Gasteiger partial charge >= 0.3 is 5.97 Å². The van der Waals surface area contributed by atoms with E-state index >= 15 is 0 Å². The molecule has 4 atom stereocenters. The summed E-state index contributed by atoms with van der Waals surface area (Å²) >= 11 is 0. The molecule has 0 N–H and O–H groups in total. The molecule has 0 bridgehead atoms. The molecule has 1 fully saturated rings. The smallest absolute Gasteiger partial charge is 0.309 e. The molecule has 5 nitrogen and oxygen atoms in total.